The zero-order valence-electron chi connectivity index (χ0n) is 12.7. The van der Waals surface area contributed by atoms with Crippen molar-refractivity contribution in [3.05, 3.63) is 71.8 Å². The van der Waals surface area contributed by atoms with Crippen LogP contribution in [0.1, 0.15) is 23.2 Å². The van der Waals surface area contributed by atoms with E-state index in [0.717, 1.165) is 0 Å². The van der Waals surface area contributed by atoms with Gasteiger partial charge in [0.05, 0.1) is 26.2 Å². The molecule has 2 aromatic carbocycles. The highest BCUT2D eigenvalue weighted by Crippen LogP contribution is 2.47. The Morgan fingerprint density at radius 2 is 1.33 bits per heavy atom. The molecule has 0 N–H and O–H groups in total. The fraction of sp³-hybridized carbons (Fsp3) is 0.368. The largest absolute Gasteiger partial charge is 0.316 e. The monoisotopic (exact) mass is 279 g/mol. The van der Waals surface area contributed by atoms with Gasteiger partial charge in [-0.05, 0) is 5.56 Å². The lowest BCUT2D eigenvalue weighted by Crippen LogP contribution is -2.67. The zero-order chi connectivity index (χ0) is 14.3. The van der Waals surface area contributed by atoms with Crippen molar-refractivity contribution in [1.82, 2.24) is 4.90 Å². The molecule has 3 aliphatic rings. The Balaban J connectivity index is 1.83. The summed E-state index contributed by atoms with van der Waals surface area (Å²) in [5.41, 5.74) is 2.95. The van der Waals surface area contributed by atoms with Crippen LogP contribution in [0.15, 0.2) is 60.7 Å². The molecule has 2 nitrogen and oxygen atoms in total. The van der Waals surface area contributed by atoms with Crippen molar-refractivity contribution in [2.45, 2.75) is 12.1 Å². The van der Waals surface area contributed by atoms with E-state index in [0.29, 0.717) is 12.1 Å². The Kier molecular flexibility index (Phi) is 3.09. The summed E-state index contributed by atoms with van der Waals surface area (Å²) in [5.74, 6) is 0. The average Bonchev–Trinajstić information content (AvgIpc) is 2.56. The molecule has 5 rings (SSSR count). The maximum absolute atomic E-state index is 2.69. The van der Waals surface area contributed by atoms with Gasteiger partial charge in [0, 0.05) is 18.7 Å². The first-order valence-corrected chi connectivity index (χ1v) is 7.96. The minimum absolute atomic E-state index is 0.515. The quantitative estimate of drug-likeness (QED) is 0.763. The van der Waals surface area contributed by atoms with Crippen LogP contribution in [-0.4, -0.2) is 42.6 Å². The van der Waals surface area contributed by atoms with Crippen LogP contribution < -0.4 is 0 Å². The molecule has 3 heterocycles. The summed E-state index contributed by atoms with van der Waals surface area (Å²) in [6.07, 6.45) is 0. The maximum Gasteiger partial charge on any atom is 0.134 e. The van der Waals surface area contributed by atoms with Crippen molar-refractivity contribution in [2.75, 3.05) is 33.2 Å². The van der Waals surface area contributed by atoms with E-state index in [1.54, 1.807) is 0 Å². The van der Waals surface area contributed by atoms with Crippen LogP contribution in [-0.2, 0) is 0 Å². The fourth-order valence-electron chi connectivity index (χ4n) is 4.27. The molecule has 0 spiro atoms. The van der Waals surface area contributed by atoms with Crippen LogP contribution in [0.2, 0.25) is 0 Å². The molecule has 0 amide bonds. The molecular formula is C19H23N2+. The molecule has 21 heavy (non-hydrogen) atoms. The van der Waals surface area contributed by atoms with Crippen molar-refractivity contribution in [1.29, 1.82) is 0 Å². The Morgan fingerprint density at radius 3 is 1.90 bits per heavy atom. The number of benzene rings is 2. The molecule has 108 valence electrons. The van der Waals surface area contributed by atoms with Gasteiger partial charge in [-0.15, -0.1) is 0 Å². The van der Waals surface area contributed by atoms with Crippen molar-refractivity contribution in [3.8, 4) is 0 Å². The lowest BCUT2D eigenvalue weighted by Gasteiger charge is -2.58. The number of fused-ring (bicyclic) bond motifs is 3. The average molecular weight is 279 g/mol. The lowest BCUT2D eigenvalue weighted by molar-refractivity contribution is -0.958. The molecule has 0 radical (unpaired) electrons. The normalized spacial score (nSPS) is 34.8. The number of piperazine rings is 3. The predicted molar refractivity (Wildman–Crippen MR) is 85.9 cm³/mol. The van der Waals surface area contributed by atoms with E-state index in [9.17, 15) is 0 Å². The van der Waals surface area contributed by atoms with E-state index in [1.807, 2.05) is 0 Å². The summed E-state index contributed by atoms with van der Waals surface area (Å²) in [6, 6.07) is 23.3. The number of quaternary nitrogens is 1. The van der Waals surface area contributed by atoms with Crippen LogP contribution in [0, 0.1) is 0 Å². The third-order valence-corrected chi connectivity index (χ3v) is 5.44. The van der Waals surface area contributed by atoms with Crippen LogP contribution in [0.3, 0.4) is 0 Å². The molecule has 3 aliphatic heterocycles. The maximum atomic E-state index is 2.69. The molecular weight excluding hydrogens is 256 g/mol. The van der Waals surface area contributed by atoms with E-state index >= 15 is 0 Å². The van der Waals surface area contributed by atoms with E-state index < -0.39 is 0 Å². The molecule has 0 aliphatic carbocycles. The molecule has 0 unspecified atom stereocenters. The van der Waals surface area contributed by atoms with Crippen molar-refractivity contribution in [3.63, 3.8) is 0 Å². The van der Waals surface area contributed by atoms with Gasteiger partial charge in [0.25, 0.3) is 0 Å². The Hall–Kier alpha value is -1.64. The third-order valence-electron chi connectivity index (χ3n) is 5.44. The number of rotatable bonds is 2. The van der Waals surface area contributed by atoms with Gasteiger partial charge in [-0.2, -0.15) is 0 Å². The molecule has 2 bridgehead atoms. The van der Waals surface area contributed by atoms with Gasteiger partial charge in [0.15, 0.2) is 0 Å². The van der Waals surface area contributed by atoms with Crippen molar-refractivity contribution in [2.24, 2.45) is 0 Å². The van der Waals surface area contributed by atoms with Gasteiger partial charge in [-0.1, -0.05) is 60.7 Å². The molecule has 3 fully saturated rings. The van der Waals surface area contributed by atoms with Crippen LogP contribution in [0.4, 0.5) is 0 Å². The second kappa shape index (κ2) is 4.97. The molecule has 0 aromatic heterocycles. The zero-order valence-corrected chi connectivity index (χ0v) is 12.7. The third kappa shape index (κ3) is 2.10. The first kappa shape index (κ1) is 13.1. The van der Waals surface area contributed by atoms with Crippen molar-refractivity contribution < 1.29 is 4.48 Å². The SMILES string of the molecule is C[N+]12CCN(CC1)[C@@H](c1ccccc1)[C@@H]2c1ccccc1. The Morgan fingerprint density at radius 1 is 0.810 bits per heavy atom. The second-order valence-electron chi connectivity index (χ2n) is 6.67. The van der Waals surface area contributed by atoms with E-state index in [2.05, 4.69) is 72.6 Å². The van der Waals surface area contributed by atoms with Gasteiger partial charge in [-0.3, -0.25) is 4.90 Å². The molecule has 2 aromatic rings. The van der Waals surface area contributed by atoms with Crippen LogP contribution >= 0.6 is 0 Å². The fourth-order valence-corrected chi connectivity index (χ4v) is 4.27. The lowest BCUT2D eigenvalue weighted by atomic mass is 9.84. The standard InChI is InChI=1S/C19H23N2/c1-21-14-12-20(13-15-21)18(16-8-4-2-5-9-16)19(21)17-10-6-3-7-11-17/h2-11,18-19H,12-15H2,1H3/q+1/t18-,19-/m0/s1. The molecule has 3 saturated heterocycles. The number of likely N-dealkylation sites (N-methyl/N-ethyl adjacent to an activating group) is 1. The minimum atomic E-state index is 0.515. The van der Waals surface area contributed by atoms with Gasteiger partial charge in [-0.25, -0.2) is 0 Å². The predicted octanol–water partition coefficient (Wildman–Crippen LogP) is 3.24. The highest BCUT2D eigenvalue weighted by molar-refractivity contribution is 5.27. The first-order chi connectivity index (χ1) is 10.3. The van der Waals surface area contributed by atoms with Gasteiger partial charge >= 0.3 is 0 Å². The van der Waals surface area contributed by atoms with Crippen LogP contribution in [0.25, 0.3) is 0 Å². The first-order valence-electron chi connectivity index (χ1n) is 7.96. The molecule has 0 saturated carbocycles. The summed E-state index contributed by atoms with van der Waals surface area (Å²) >= 11 is 0. The van der Waals surface area contributed by atoms with Gasteiger partial charge < -0.3 is 4.48 Å². The summed E-state index contributed by atoms with van der Waals surface area (Å²) in [6.45, 7) is 4.98. The van der Waals surface area contributed by atoms with E-state index in [1.165, 1.54) is 41.8 Å². The molecule has 2 atom stereocenters. The minimum Gasteiger partial charge on any atom is -0.316 e. The molecule has 2 heteroatoms. The number of nitrogens with zero attached hydrogens (tertiary/aromatic N) is 2. The second-order valence-corrected chi connectivity index (χ2v) is 6.67. The topological polar surface area (TPSA) is 3.24 Å². The summed E-state index contributed by atoms with van der Waals surface area (Å²) in [7, 11) is 2.45. The summed E-state index contributed by atoms with van der Waals surface area (Å²) < 4.78 is 1.18. The van der Waals surface area contributed by atoms with E-state index in [4.69, 9.17) is 0 Å². The summed E-state index contributed by atoms with van der Waals surface area (Å²) in [5, 5.41) is 0. The number of hydrogen-bond donors (Lipinski definition) is 0. The Labute approximate surface area is 127 Å². The van der Waals surface area contributed by atoms with E-state index in [-0.39, 0.29) is 0 Å². The van der Waals surface area contributed by atoms with Gasteiger partial charge in [0.1, 0.15) is 6.04 Å². The smallest absolute Gasteiger partial charge is 0.134 e. The van der Waals surface area contributed by atoms with Crippen molar-refractivity contribution >= 4 is 0 Å². The Bertz CT molecular complexity index is 600. The number of hydrogen-bond acceptors (Lipinski definition) is 1. The summed E-state index contributed by atoms with van der Waals surface area (Å²) in [4.78, 5) is 2.69. The van der Waals surface area contributed by atoms with Crippen LogP contribution in [0.5, 0.6) is 0 Å². The highest BCUT2D eigenvalue weighted by Gasteiger charge is 2.51. The highest BCUT2D eigenvalue weighted by atomic mass is 15.5. The van der Waals surface area contributed by atoms with Gasteiger partial charge in [0.2, 0.25) is 0 Å².